The first-order chi connectivity index (χ1) is 10.5. The Labute approximate surface area is 130 Å². The second kappa shape index (κ2) is 5.52. The van der Waals surface area contributed by atoms with Crippen molar-refractivity contribution < 1.29 is 17.7 Å². The molecule has 7 nitrogen and oxygen atoms in total. The summed E-state index contributed by atoms with van der Waals surface area (Å²) < 4.78 is 32.9. The van der Waals surface area contributed by atoms with Crippen molar-refractivity contribution >= 4 is 21.4 Å². The number of aromatic nitrogens is 2. The summed E-state index contributed by atoms with van der Waals surface area (Å²) in [6, 6.07) is 8.62. The molecule has 2 N–H and O–H groups in total. The van der Waals surface area contributed by atoms with Crippen molar-refractivity contribution in [2.45, 2.75) is 4.21 Å². The number of primary sulfonamides is 1. The number of sulfonamides is 1. The summed E-state index contributed by atoms with van der Waals surface area (Å²) in [5, 5.41) is 10.6. The first-order valence-corrected chi connectivity index (χ1v) is 8.50. The fraction of sp³-hybridized carbons (Fsp3) is 0.0769. The highest BCUT2D eigenvalue weighted by Gasteiger charge is 2.16. The minimum Gasteiger partial charge on any atom is -0.497 e. The van der Waals surface area contributed by atoms with Crippen molar-refractivity contribution in [3.63, 3.8) is 0 Å². The van der Waals surface area contributed by atoms with Crippen LogP contribution in [-0.2, 0) is 10.0 Å². The van der Waals surface area contributed by atoms with Gasteiger partial charge in [0.2, 0.25) is 15.8 Å². The highest BCUT2D eigenvalue weighted by atomic mass is 32.2. The van der Waals surface area contributed by atoms with Crippen molar-refractivity contribution in [1.29, 1.82) is 0 Å². The normalized spacial score (nSPS) is 11.5. The summed E-state index contributed by atoms with van der Waals surface area (Å²) in [5.74, 6) is 1.29. The first kappa shape index (κ1) is 14.7. The van der Waals surface area contributed by atoms with Crippen LogP contribution in [0.15, 0.2) is 44.4 Å². The molecule has 0 saturated heterocycles. The summed E-state index contributed by atoms with van der Waals surface area (Å²) in [4.78, 5) is 4.26. The van der Waals surface area contributed by atoms with E-state index in [0.29, 0.717) is 17.1 Å². The molecule has 0 bridgehead atoms. The van der Waals surface area contributed by atoms with Gasteiger partial charge in [0.25, 0.3) is 5.89 Å². The summed E-state index contributed by atoms with van der Waals surface area (Å²) in [6.45, 7) is 0. The zero-order chi connectivity index (χ0) is 15.7. The van der Waals surface area contributed by atoms with Crippen LogP contribution in [0, 0.1) is 0 Å². The summed E-state index contributed by atoms with van der Waals surface area (Å²) >= 11 is 1.00. The molecular weight excluding hydrogens is 326 g/mol. The maximum Gasteiger partial charge on any atom is 0.259 e. The maximum absolute atomic E-state index is 11.3. The van der Waals surface area contributed by atoms with Crippen molar-refractivity contribution in [2.24, 2.45) is 5.14 Å². The number of rotatable bonds is 4. The average molecular weight is 337 g/mol. The Morgan fingerprint density at radius 1 is 1.27 bits per heavy atom. The Bertz CT molecular complexity index is 915. The van der Waals surface area contributed by atoms with E-state index in [2.05, 4.69) is 10.1 Å². The molecule has 0 atom stereocenters. The first-order valence-electron chi connectivity index (χ1n) is 6.07. The van der Waals surface area contributed by atoms with Crippen molar-refractivity contribution in [2.75, 3.05) is 7.11 Å². The molecule has 22 heavy (non-hydrogen) atoms. The minimum absolute atomic E-state index is 0.0450. The summed E-state index contributed by atoms with van der Waals surface area (Å²) in [6.07, 6.45) is 0. The number of nitrogens with two attached hydrogens (primary N) is 1. The molecule has 0 radical (unpaired) electrons. The molecule has 2 heterocycles. The molecule has 0 saturated carbocycles. The van der Waals surface area contributed by atoms with Crippen molar-refractivity contribution in [3.05, 3.63) is 35.7 Å². The van der Waals surface area contributed by atoms with Gasteiger partial charge in [-0.3, -0.25) is 0 Å². The van der Waals surface area contributed by atoms with Crippen LogP contribution in [0.4, 0.5) is 0 Å². The van der Waals surface area contributed by atoms with Gasteiger partial charge < -0.3 is 9.26 Å². The topological polar surface area (TPSA) is 108 Å². The Hall–Kier alpha value is -2.23. The third-order valence-electron chi connectivity index (χ3n) is 2.86. The van der Waals surface area contributed by atoms with Gasteiger partial charge in [0.05, 0.1) is 12.7 Å². The molecule has 114 valence electrons. The van der Waals surface area contributed by atoms with E-state index in [4.69, 9.17) is 14.4 Å². The van der Waals surface area contributed by atoms with Crippen LogP contribution < -0.4 is 9.88 Å². The molecule has 0 amide bonds. The van der Waals surface area contributed by atoms with E-state index in [1.54, 1.807) is 18.6 Å². The van der Waals surface area contributed by atoms with E-state index in [1.165, 1.54) is 6.07 Å². The molecular formula is C13H11N3O4S2. The van der Waals surface area contributed by atoms with Crippen LogP contribution in [0.2, 0.25) is 0 Å². The molecule has 0 aliphatic rings. The molecule has 3 rings (SSSR count). The monoisotopic (exact) mass is 337 g/mol. The number of benzene rings is 1. The summed E-state index contributed by atoms with van der Waals surface area (Å²) in [5.41, 5.74) is 1.24. The number of thiophene rings is 1. The van der Waals surface area contributed by atoms with Crippen LogP contribution in [0.3, 0.4) is 0 Å². The van der Waals surface area contributed by atoms with E-state index >= 15 is 0 Å². The zero-order valence-electron chi connectivity index (χ0n) is 11.4. The highest BCUT2D eigenvalue weighted by Crippen LogP contribution is 2.29. The molecule has 0 fully saturated rings. The van der Waals surface area contributed by atoms with Crippen LogP contribution in [0.1, 0.15) is 0 Å². The number of hydrogen-bond acceptors (Lipinski definition) is 7. The van der Waals surface area contributed by atoms with E-state index in [1.807, 2.05) is 18.2 Å². The molecule has 1 aromatic carbocycles. The molecule has 0 unspecified atom stereocenters. The van der Waals surface area contributed by atoms with Crippen LogP contribution in [0.5, 0.6) is 5.75 Å². The van der Waals surface area contributed by atoms with Gasteiger partial charge in [-0.15, -0.1) is 11.3 Å². The maximum atomic E-state index is 11.3. The number of nitrogens with zero attached hydrogens (tertiary/aromatic N) is 2. The van der Waals surface area contributed by atoms with Crippen LogP contribution in [-0.4, -0.2) is 25.7 Å². The quantitative estimate of drug-likeness (QED) is 0.781. The van der Waals surface area contributed by atoms with E-state index in [9.17, 15) is 8.42 Å². The van der Waals surface area contributed by atoms with Crippen LogP contribution in [0.25, 0.3) is 22.8 Å². The van der Waals surface area contributed by atoms with Gasteiger partial charge in [-0.05, 0) is 18.2 Å². The average Bonchev–Trinajstić information content (AvgIpc) is 3.15. The Kier molecular flexibility index (Phi) is 3.69. The number of ether oxygens (including phenoxy) is 1. The largest absolute Gasteiger partial charge is 0.497 e. The minimum atomic E-state index is -3.73. The van der Waals surface area contributed by atoms with Gasteiger partial charge in [0, 0.05) is 10.9 Å². The van der Waals surface area contributed by atoms with Gasteiger partial charge in [0.1, 0.15) is 9.96 Å². The lowest BCUT2D eigenvalue weighted by atomic mass is 10.2. The van der Waals surface area contributed by atoms with Gasteiger partial charge in [-0.1, -0.05) is 17.3 Å². The number of methoxy groups -OCH3 is 1. The predicted molar refractivity (Wildman–Crippen MR) is 81.0 cm³/mol. The van der Waals surface area contributed by atoms with Crippen molar-refractivity contribution in [3.8, 4) is 28.6 Å². The zero-order valence-corrected chi connectivity index (χ0v) is 13.0. The lowest BCUT2D eigenvalue weighted by Gasteiger charge is -1.99. The van der Waals surface area contributed by atoms with Gasteiger partial charge >= 0.3 is 0 Å². The van der Waals surface area contributed by atoms with Crippen molar-refractivity contribution in [1.82, 2.24) is 10.1 Å². The lowest BCUT2D eigenvalue weighted by molar-refractivity contribution is 0.414. The smallest absolute Gasteiger partial charge is 0.259 e. The third-order valence-corrected chi connectivity index (χ3v) is 5.24. The van der Waals surface area contributed by atoms with E-state index in [0.717, 1.165) is 16.9 Å². The predicted octanol–water partition coefficient (Wildman–Crippen LogP) is 2.12. The second-order valence-corrected chi connectivity index (χ2v) is 7.05. The molecule has 0 spiro atoms. The van der Waals surface area contributed by atoms with Gasteiger partial charge in [-0.25, -0.2) is 13.6 Å². The van der Waals surface area contributed by atoms with E-state index in [-0.39, 0.29) is 10.1 Å². The fourth-order valence-electron chi connectivity index (χ4n) is 1.80. The van der Waals surface area contributed by atoms with E-state index < -0.39 is 10.0 Å². The highest BCUT2D eigenvalue weighted by molar-refractivity contribution is 7.91. The second-order valence-electron chi connectivity index (χ2n) is 4.35. The molecule has 2 aromatic heterocycles. The molecule has 9 heteroatoms. The van der Waals surface area contributed by atoms with Gasteiger partial charge in [-0.2, -0.15) is 4.98 Å². The molecule has 3 aromatic rings. The van der Waals surface area contributed by atoms with Crippen LogP contribution >= 0.6 is 11.3 Å². The Morgan fingerprint density at radius 3 is 2.77 bits per heavy atom. The Balaban J connectivity index is 1.95. The SMILES string of the molecule is COc1cccc(-c2noc(-c3csc(S(N)(=O)=O)c3)n2)c1. The standard InChI is InChI=1S/C13H11N3O4S2/c1-19-10-4-2-3-8(5-10)12-15-13(20-16-12)9-6-11(21-7-9)22(14,17)18/h2-7H,1H3,(H2,14,17,18). The molecule has 0 aliphatic carbocycles. The number of hydrogen-bond donors (Lipinski definition) is 1. The Morgan fingerprint density at radius 2 is 2.09 bits per heavy atom. The third kappa shape index (κ3) is 2.86. The summed E-state index contributed by atoms with van der Waals surface area (Å²) in [7, 11) is -2.16. The fourth-order valence-corrected chi connectivity index (χ4v) is 3.38. The lowest BCUT2D eigenvalue weighted by Crippen LogP contribution is -2.09. The van der Waals surface area contributed by atoms with Gasteiger partial charge in [0.15, 0.2) is 0 Å². The molecule has 0 aliphatic heterocycles.